The molecule has 2 aromatic heterocycles. The molecule has 4 rings (SSSR count). The molecular weight excluding hydrogens is 323 g/mol. The Morgan fingerprint density at radius 3 is 3.04 bits per heavy atom. The smallest absolute Gasteiger partial charge is 0.255 e. The van der Waals surface area contributed by atoms with Crippen LogP contribution in [0, 0.1) is 5.82 Å². The molecule has 1 spiro atoms. The number of ether oxygens (including phenoxy) is 1. The fourth-order valence-electron chi connectivity index (χ4n) is 3.60. The molecule has 0 radical (unpaired) electrons. The van der Waals surface area contributed by atoms with Gasteiger partial charge in [-0.05, 0) is 30.7 Å². The van der Waals surface area contributed by atoms with E-state index in [1.807, 2.05) is 0 Å². The maximum atomic E-state index is 13.7. The monoisotopic (exact) mass is 342 g/mol. The van der Waals surface area contributed by atoms with Crippen LogP contribution in [0.1, 0.15) is 23.2 Å². The van der Waals surface area contributed by atoms with E-state index in [0.717, 1.165) is 12.8 Å². The first kappa shape index (κ1) is 16.0. The summed E-state index contributed by atoms with van der Waals surface area (Å²) in [5.41, 5.74) is 0.226. The number of halogens is 1. The van der Waals surface area contributed by atoms with Gasteiger partial charge in [0, 0.05) is 31.6 Å². The van der Waals surface area contributed by atoms with Gasteiger partial charge in [-0.25, -0.2) is 9.37 Å². The molecule has 2 aliphatic heterocycles. The summed E-state index contributed by atoms with van der Waals surface area (Å²) in [7, 11) is 0. The molecule has 0 bridgehead atoms. The summed E-state index contributed by atoms with van der Waals surface area (Å²) in [5.74, 6) is -0.154. The van der Waals surface area contributed by atoms with Gasteiger partial charge >= 0.3 is 0 Å². The molecule has 25 heavy (non-hydrogen) atoms. The number of rotatable bonds is 3. The average molecular weight is 342 g/mol. The number of nitrogens with one attached hydrogen (secondary N) is 1. The number of anilines is 1. The average Bonchev–Trinajstić information content (AvgIpc) is 3.24. The van der Waals surface area contributed by atoms with E-state index in [9.17, 15) is 9.18 Å². The van der Waals surface area contributed by atoms with Gasteiger partial charge in [-0.15, -0.1) is 0 Å². The summed E-state index contributed by atoms with van der Waals surface area (Å²) in [6.07, 6.45) is 6.29. The molecular formula is C18H19FN4O2. The lowest BCUT2D eigenvalue weighted by atomic mass is 9.97. The number of hydrogen-bond acceptors (Lipinski definition) is 5. The predicted octanol–water partition coefficient (Wildman–Crippen LogP) is 2.10. The molecule has 2 saturated heterocycles. The second-order valence-electron chi connectivity index (χ2n) is 6.59. The van der Waals surface area contributed by atoms with Gasteiger partial charge < -0.3 is 15.0 Å². The second kappa shape index (κ2) is 6.40. The van der Waals surface area contributed by atoms with E-state index in [-0.39, 0.29) is 29.2 Å². The first-order chi connectivity index (χ1) is 12.2. The first-order valence-corrected chi connectivity index (χ1v) is 8.36. The summed E-state index contributed by atoms with van der Waals surface area (Å²) in [4.78, 5) is 22.4. The van der Waals surface area contributed by atoms with Crippen molar-refractivity contribution in [3.05, 3.63) is 54.2 Å². The molecule has 2 aliphatic rings. The van der Waals surface area contributed by atoms with Crippen molar-refractivity contribution in [3.8, 4) is 0 Å². The van der Waals surface area contributed by atoms with Crippen molar-refractivity contribution in [2.75, 3.05) is 25.0 Å². The van der Waals surface area contributed by atoms with Crippen molar-refractivity contribution < 1.29 is 13.9 Å². The summed E-state index contributed by atoms with van der Waals surface area (Å²) >= 11 is 0. The Hall–Kier alpha value is -2.54. The summed E-state index contributed by atoms with van der Waals surface area (Å²) in [6.45, 7) is 1.67. The number of nitrogens with zero attached hydrogens (tertiary/aromatic N) is 3. The number of likely N-dealkylation sites (tertiary alicyclic amines) is 1. The van der Waals surface area contributed by atoms with Crippen molar-refractivity contribution in [1.29, 1.82) is 0 Å². The minimum Gasteiger partial charge on any atom is -0.371 e. The number of hydrogen-bond donors (Lipinski definition) is 1. The highest BCUT2D eigenvalue weighted by atomic mass is 19.1. The third-order valence-electron chi connectivity index (χ3n) is 4.82. The van der Waals surface area contributed by atoms with Crippen molar-refractivity contribution in [1.82, 2.24) is 14.9 Å². The van der Waals surface area contributed by atoms with Crippen LogP contribution in [0.3, 0.4) is 0 Å². The minimum atomic E-state index is -0.372. The van der Waals surface area contributed by atoms with Crippen LogP contribution >= 0.6 is 0 Å². The Balaban J connectivity index is 1.40. The molecule has 2 atom stereocenters. The summed E-state index contributed by atoms with van der Waals surface area (Å²) in [5, 5.41) is 3.11. The zero-order valence-electron chi connectivity index (χ0n) is 13.7. The molecule has 0 aromatic carbocycles. The second-order valence-corrected chi connectivity index (χ2v) is 6.59. The van der Waals surface area contributed by atoms with Gasteiger partial charge in [0.15, 0.2) is 11.6 Å². The van der Waals surface area contributed by atoms with Crippen molar-refractivity contribution in [3.63, 3.8) is 0 Å². The lowest BCUT2D eigenvalue weighted by Gasteiger charge is -2.23. The molecule has 2 aromatic rings. The largest absolute Gasteiger partial charge is 0.371 e. The van der Waals surface area contributed by atoms with E-state index >= 15 is 0 Å². The minimum absolute atomic E-state index is 0.0159. The molecule has 0 aliphatic carbocycles. The molecule has 2 fully saturated rings. The van der Waals surface area contributed by atoms with Crippen LogP contribution in [0.5, 0.6) is 0 Å². The van der Waals surface area contributed by atoms with Crippen LogP contribution in [0.4, 0.5) is 10.2 Å². The van der Waals surface area contributed by atoms with Gasteiger partial charge in [-0.2, -0.15) is 0 Å². The van der Waals surface area contributed by atoms with Crippen LogP contribution in [0.15, 0.2) is 42.9 Å². The zero-order chi connectivity index (χ0) is 17.3. The maximum Gasteiger partial charge on any atom is 0.255 e. The number of carbonyl (C=O) groups excluding carboxylic acids is 1. The fourth-order valence-corrected chi connectivity index (χ4v) is 3.60. The molecule has 7 heteroatoms. The van der Waals surface area contributed by atoms with E-state index in [1.165, 1.54) is 6.07 Å². The van der Waals surface area contributed by atoms with Gasteiger partial charge in [-0.1, -0.05) is 0 Å². The topological polar surface area (TPSA) is 67.4 Å². The van der Waals surface area contributed by atoms with Crippen molar-refractivity contribution in [2.24, 2.45) is 0 Å². The quantitative estimate of drug-likeness (QED) is 0.925. The van der Waals surface area contributed by atoms with Crippen molar-refractivity contribution in [2.45, 2.75) is 24.5 Å². The van der Waals surface area contributed by atoms with Crippen LogP contribution in [0.25, 0.3) is 0 Å². The zero-order valence-corrected chi connectivity index (χ0v) is 13.7. The summed E-state index contributed by atoms with van der Waals surface area (Å²) in [6, 6.07) is 6.45. The van der Waals surface area contributed by atoms with Gasteiger partial charge in [0.25, 0.3) is 5.91 Å². The third kappa shape index (κ3) is 3.19. The molecule has 0 saturated carbocycles. The normalized spacial score (nSPS) is 25.5. The molecule has 6 nitrogen and oxygen atoms in total. The van der Waals surface area contributed by atoms with Crippen LogP contribution in [-0.4, -0.2) is 52.1 Å². The molecule has 4 heterocycles. The predicted molar refractivity (Wildman–Crippen MR) is 89.7 cm³/mol. The standard InChI is InChI=1S/C18H19FN4O2/c19-15-4-2-7-21-16(15)22-14-9-18(25-11-14)5-8-23(12-18)17(24)13-3-1-6-20-10-13/h1-4,6-7,10,14H,5,8-9,11-12H2,(H,21,22)/t14-,18-/m0/s1. The number of pyridine rings is 2. The van der Waals surface area contributed by atoms with E-state index in [0.29, 0.717) is 25.3 Å². The highest BCUT2D eigenvalue weighted by Crippen LogP contribution is 2.36. The number of carbonyl (C=O) groups is 1. The molecule has 130 valence electrons. The Morgan fingerprint density at radius 2 is 2.24 bits per heavy atom. The van der Waals surface area contributed by atoms with Crippen LogP contribution in [0.2, 0.25) is 0 Å². The van der Waals surface area contributed by atoms with E-state index in [4.69, 9.17) is 4.74 Å². The number of amides is 1. The van der Waals surface area contributed by atoms with E-state index in [1.54, 1.807) is 41.7 Å². The Bertz CT molecular complexity index is 773. The molecule has 0 unspecified atom stereocenters. The fraction of sp³-hybridized carbons (Fsp3) is 0.389. The van der Waals surface area contributed by atoms with Gasteiger partial charge in [0.1, 0.15) is 0 Å². The maximum absolute atomic E-state index is 13.7. The van der Waals surface area contributed by atoms with Gasteiger partial charge in [-0.3, -0.25) is 9.78 Å². The molecule has 1 N–H and O–H groups in total. The highest BCUT2D eigenvalue weighted by Gasteiger charge is 2.47. The summed E-state index contributed by atoms with van der Waals surface area (Å²) < 4.78 is 19.8. The SMILES string of the molecule is O=C(c1cccnc1)N1CC[C@]2(C[C@H](Nc3ncccc3F)CO2)C1. The lowest BCUT2D eigenvalue weighted by Crippen LogP contribution is -2.36. The van der Waals surface area contributed by atoms with Crippen molar-refractivity contribution >= 4 is 11.7 Å². The van der Waals surface area contributed by atoms with E-state index < -0.39 is 0 Å². The lowest BCUT2D eigenvalue weighted by molar-refractivity contribution is 0.0125. The van der Waals surface area contributed by atoms with Crippen LogP contribution < -0.4 is 5.32 Å². The van der Waals surface area contributed by atoms with Gasteiger partial charge in [0.05, 0.1) is 30.4 Å². The molecule has 1 amide bonds. The van der Waals surface area contributed by atoms with E-state index in [2.05, 4.69) is 15.3 Å². The Morgan fingerprint density at radius 1 is 1.36 bits per heavy atom. The van der Waals surface area contributed by atoms with Gasteiger partial charge in [0.2, 0.25) is 0 Å². The first-order valence-electron chi connectivity index (χ1n) is 8.36. The highest BCUT2D eigenvalue weighted by molar-refractivity contribution is 5.94. The third-order valence-corrected chi connectivity index (χ3v) is 4.82. The Kier molecular flexibility index (Phi) is 4.09. The number of aromatic nitrogens is 2. The van der Waals surface area contributed by atoms with Crippen LogP contribution in [-0.2, 0) is 4.74 Å². The Labute approximate surface area is 145 Å².